The van der Waals surface area contributed by atoms with Crippen molar-refractivity contribution in [2.45, 2.75) is 118 Å². The van der Waals surface area contributed by atoms with Crippen LogP contribution in [0.4, 0.5) is 0 Å². The van der Waals surface area contributed by atoms with Crippen molar-refractivity contribution in [1.29, 1.82) is 0 Å². The minimum Gasteiger partial charge on any atom is -0.538 e. The number of para-hydroxylation sites is 1. The normalized spacial score (nSPS) is 13.9. The summed E-state index contributed by atoms with van der Waals surface area (Å²) < 4.78 is 9.38. The zero-order chi connectivity index (χ0) is 47.3. The summed E-state index contributed by atoms with van der Waals surface area (Å²) in [7, 11) is -2.31. The number of fused-ring (bicyclic) bond motifs is 4. The second-order valence-corrected chi connectivity index (χ2v) is 26.7. The third-order valence-corrected chi connectivity index (χ3v) is 15.9. The fraction of sp³-hybridized carbons (Fsp3) is 0.300. The Balaban J connectivity index is 1.37. The van der Waals surface area contributed by atoms with Crippen LogP contribution in [-0.4, -0.2) is 28.0 Å². The predicted octanol–water partition coefficient (Wildman–Crippen LogP) is 15.5. The van der Waals surface area contributed by atoms with Gasteiger partial charge in [0.15, 0.2) is 0 Å². The van der Waals surface area contributed by atoms with E-state index in [1.165, 1.54) is 21.9 Å². The van der Waals surface area contributed by atoms with Gasteiger partial charge in [0, 0.05) is 34.0 Å². The molecule has 0 unspecified atom stereocenters. The van der Waals surface area contributed by atoms with Crippen LogP contribution >= 0.6 is 0 Å². The standard InChI is InChI=1S/C60H65N3O2Si/c1-57(2,3)40-27-28-49(46(34-40)37-21-16-15-17-22-37)63-50-25-20-24-43(53(50)62-56(63)47-35-42(59(7,8)9)36-48(54(47)64)60(10,11)12)38-31-39(33-41(32-38)58(4,5)6)52-55-45(29-30-61-52)44-23-18-19-26-51(44)66(13,14)65-55/h15-36,64H,1-14H3. The number of imidazole rings is 1. The largest absolute Gasteiger partial charge is 0.538 e. The van der Waals surface area contributed by atoms with Crippen LogP contribution in [0.5, 0.6) is 11.5 Å². The molecule has 0 bridgehead atoms. The molecule has 0 aliphatic carbocycles. The number of nitrogens with zero attached hydrogens (tertiary/aromatic N) is 3. The fourth-order valence-corrected chi connectivity index (χ4v) is 11.7. The highest BCUT2D eigenvalue weighted by Gasteiger charge is 2.37. The molecule has 6 heteroatoms. The van der Waals surface area contributed by atoms with Gasteiger partial charge in [-0.2, -0.15) is 0 Å². The van der Waals surface area contributed by atoms with Gasteiger partial charge in [-0.3, -0.25) is 9.55 Å². The first-order valence-electron chi connectivity index (χ1n) is 23.5. The van der Waals surface area contributed by atoms with E-state index in [9.17, 15) is 5.11 Å². The topological polar surface area (TPSA) is 60.2 Å². The molecule has 1 aliphatic rings. The average Bonchev–Trinajstić information content (AvgIpc) is 3.64. The van der Waals surface area contributed by atoms with Crippen molar-refractivity contribution in [3.63, 3.8) is 0 Å². The number of benzene rings is 6. The first kappa shape index (κ1) is 44.9. The molecule has 0 radical (unpaired) electrons. The van der Waals surface area contributed by atoms with Crippen molar-refractivity contribution in [1.82, 2.24) is 14.5 Å². The molecule has 0 fully saturated rings. The van der Waals surface area contributed by atoms with Crippen LogP contribution in [0.3, 0.4) is 0 Å². The summed E-state index contributed by atoms with van der Waals surface area (Å²) in [6, 6.07) is 46.0. The number of phenolic OH excluding ortho intramolecular Hbond substituents is 1. The molecule has 3 heterocycles. The Labute approximate surface area is 393 Å². The number of hydrogen-bond acceptors (Lipinski definition) is 4. The number of aromatic nitrogens is 3. The van der Waals surface area contributed by atoms with E-state index < -0.39 is 8.32 Å². The molecule has 0 saturated heterocycles. The third kappa shape index (κ3) is 7.97. The Morgan fingerprint density at radius 3 is 1.82 bits per heavy atom. The second-order valence-electron chi connectivity index (χ2n) is 23.0. The van der Waals surface area contributed by atoms with Gasteiger partial charge in [0.1, 0.15) is 23.0 Å². The lowest BCUT2D eigenvalue weighted by Crippen LogP contribution is -2.51. The molecule has 0 amide bonds. The maximum absolute atomic E-state index is 12.6. The number of pyridine rings is 1. The Morgan fingerprint density at radius 1 is 0.515 bits per heavy atom. The number of aromatic hydroxyl groups is 1. The third-order valence-electron chi connectivity index (χ3n) is 13.4. The van der Waals surface area contributed by atoms with Crippen LogP contribution in [0.15, 0.2) is 134 Å². The minimum atomic E-state index is -2.31. The van der Waals surface area contributed by atoms with Crippen LogP contribution in [0.1, 0.15) is 105 Å². The van der Waals surface area contributed by atoms with Gasteiger partial charge in [0.05, 0.1) is 22.3 Å². The van der Waals surface area contributed by atoms with E-state index in [0.717, 1.165) is 72.7 Å². The lowest BCUT2D eigenvalue weighted by molar-refractivity contribution is 0.446. The molecular weight excluding hydrogens is 823 g/mol. The van der Waals surface area contributed by atoms with E-state index in [4.69, 9.17) is 14.4 Å². The maximum atomic E-state index is 12.6. The molecule has 1 aliphatic heterocycles. The molecule has 5 nitrogen and oxygen atoms in total. The van der Waals surface area contributed by atoms with E-state index >= 15 is 0 Å². The SMILES string of the molecule is CC(C)(C)c1cc(-c2nccc3c2O[Si](C)(C)c2ccccc2-3)cc(-c2cccc3c2nc(-c2cc(C(C)(C)C)cc(C(C)(C)C)c2O)n3-c2ccc(C(C)(C)C)cc2-c2ccccc2)c1. The quantitative estimate of drug-likeness (QED) is 0.175. The molecule has 66 heavy (non-hydrogen) atoms. The Morgan fingerprint density at radius 2 is 1.14 bits per heavy atom. The van der Waals surface area contributed by atoms with Crippen LogP contribution in [0.25, 0.3) is 72.7 Å². The minimum absolute atomic E-state index is 0.0784. The van der Waals surface area contributed by atoms with Crippen molar-refractivity contribution in [3.8, 4) is 73.2 Å². The molecule has 0 atom stereocenters. The van der Waals surface area contributed by atoms with Gasteiger partial charge < -0.3 is 9.53 Å². The molecule has 2 aromatic heterocycles. The summed E-state index contributed by atoms with van der Waals surface area (Å²) in [6.07, 6.45) is 1.92. The summed E-state index contributed by atoms with van der Waals surface area (Å²) in [5.41, 5.74) is 15.6. The Kier molecular flexibility index (Phi) is 10.7. The van der Waals surface area contributed by atoms with E-state index in [2.05, 4.69) is 228 Å². The number of phenols is 1. The Bertz CT molecular complexity index is 3180. The monoisotopic (exact) mass is 887 g/mol. The van der Waals surface area contributed by atoms with Gasteiger partial charge in [-0.15, -0.1) is 0 Å². The van der Waals surface area contributed by atoms with Gasteiger partial charge in [-0.05, 0) is 116 Å². The summed E-state index contributed by atoms with van der Waals surface area (Å²) in [6.45, 7) is 31.4. The lowest BCUT2D eigenvalue weighted by Gasteiger charge is -2.34. The first-order valence-corrected chi connectivity index (χ1v) is 26.4. The second kappa shape index (κ2) is 15.7. The number of rotatable bonds is 5. The van der Waals surface area contributed by atoms with Gasteiger partial charge in [-0.1, -0.05) is 168 Å². The molecule has 8 aromatic rings. The summed E-state index contributed by atoms with van der Waals surface area (Å²) in [5, 5.41) is 13.9. The molecule has 336 valence electrons. The van der Waals surface area contributed by atoms with E-state index in [-0.39, 0.29) is 27.4 Å². The van der Waals surface area contributed by atoms with E-state index in [1.54, 1.807) is 0 Å². The van der Waals surface area contributed by atoms with Crippen molar-refractivity contribution in [3.05, 3.63) is 156 Å². The average molecular weight is 888 g/mol. The van der Waals surface area contributed by atoms with Crippen LogP contribution < -0.4 is 9.61 Å². The predicted molar refractivity (Wildman–Crippen MR) is 280 cm³/mol. The molecule has 0 spiro atoms. The van der Waals surface area contributed by atoms with Crippen LogP contribution in [0.2, 0.25) is 13.1 Å². The first-order chi connectivity index (χ1) is 30.9. The molecule has 6 aromatic carbocycles. The summed E-state index contributed by atoms with van der Waals surface area (Å²) in [5.74, 6) is 1.80. The molecule has 9 rings (SSSR count). The lowest BCUT2D eigenvalue weighted by atomic mass is 9.79. The highest BCUT2D eigenvalue weighted by atomic mass is 28.4. The van der Waals surface area contributed by atoms with Crippen molar-refractivity contribution < 1.29 is 9.53 Å². The zero-order valence-electron chi connectivity index (χ0n) is 41.4. The van der Waals surface area contributed by atoms with Gasteiger partial charge in [0.2, 0.25) is 0 Å². The molecule has 1 N–H and O–H groups in total. The van der Waals surface area contributed by atoms with Crippen molar-refractivity contribution in [2.75, 3.05) is 0 Å². The van der Waals surface area contributed by atoms with Crippen LogP contribution in [0, 0.1) is 0 Å². The van der Waals surface area contributed by atoms with Crippen molar-refractivity contribution >= 4 is 24.5 Å². The van der Waals surface area contributed by atoms with Crippen LogP contribution in [-0.2, 0) is 21.7 Å². The number of hydrogen-bond donors (Lipinski definition) is 1. The van der Waals surface area contributed by atoms with Gasteiger partial charge in [-0.25, -0.2) is 4.98 Å². The highest BCUT2D eigenvalue weighted by Crippen LogP contribution is 2.48. The smallest absolute Gasteiger partial charge is 0.277 e. The summed E-state index contributed by atoms with van der Waals surface area (Å²) >= 11 is 0. The summed E-state index contributed by atoms with van der Waals surface area (Å²) in [4.78, 5) is 10.8. The fourth-order valence-electron chi connectivity index (χ4n) is 9.49. The zero-order valence-corrected chi connectivity index (χ0v) is 42.4. The highest BCUT2D eigenvalue weighted by molar-refractivity contribution is 6.86. The van der Waals surface area contributed by atoms with Gasteiger partial charge in [0.25, 0.3) is 8.32 Å². The molecular formula is C60H65N3O2Si. The van der Waals surface area contributed by atoms with Crippen molar-refractivity contribution in [2.24, 2.45) is 0 Å². The Hall–Kier alpha value is -6.24. The molecule has 0 saturated carbocycles. The van der Waals surface area contributed by atoms with E-state index in [0.29, 0.717) is 11.4 Å². The van der Waals surface area contributed by atoms with E-state index in [1.807, 2.05) is 6.20 Å². The maximum Gasteiger partial charge on any atom is 0.277 e. The van der Waals surface area contributed by atoms with Gasteiger partial charge >= 0.3 is 0 Å².